The predicted octanol–water partition coefficient (Wildman–Crippen LogP) is 8.06. The summed E-state index contributed by atoms with van der Waals surface area (Å²) in [5, 5.41) is 18.2. The highest BCUT2D eigenvalue weighted by Crippen LogP contribution is 2.64. The molecule has 2 saturated heterocycles. The summed E-state index contributed by atoms with van der Waals surface area (Å²) in [5.41, 5.74) is 2.07. The number of carbonyl (C=O) groups excluding carboxylic acids is 4. The number of aromatic hydroxyl groups is 1. The molecular weight excluding hydrogens is 719 g/mol. The molecular formula is C40H32Cl2N4O5S. The van der Waals surface area contributed by atoms with Gasteiger partial charge in [0.2, 0.25) is 23.6 Å². The molecule has 3 aromatic carbocycles. The Kier molecular flexibility index (Phi) is 7.39. The number of fused-ring (bicyclic) bond motifs is 5. The summed E-state index contributed by atoms with van der Waals surface area (Å²) in [5.74, 6) is -4.52. The smallest absolute Gasteiger partial charge is 0.242 e. The minimum absolute atomic E-state index is 0.00498. The predicted molar refractivity (Wildman–Crippen MR) is 200 cm³/mol. The molecule has 5 aromatic rings. The number of rotatable bonds is 4. The third-order valence-corrected chi connectivity index (χ3v) is 13.6. The van der Waals surface area contributed by atoms with Crippen molar-refractivity contribution in [2.45, 2.75) is 32.6 Å². The lowest BCUT2D eigenvalue weighted by Gasteiger charge is -2.49. The molecule has 4 heterocycles. The fourth-order valence-corrected chi connectivity index (χ4v) is 10.8. The molecule has 2 aliphatic heterocycles. The van der Waals surface area contributed by atoms with Crippen molar-refractivity contribution in [2.24, 2.45) is 36.1 Å². The van der Waals surface area contributed by atoms with Gasteiger partial charge in [0.1, 0.15) is 17.3 Å². The molecule has 0 bridgehead atoms. The van der Waals surface area contributed by atoms with Crippen LogP contribution in [-0.2, 0) is 26.2 Å². The first-order valence-corrected chi connectivity index (χ1v) is 18.7. The Morgan fingerprint density at radius 2 is 1.62 bits per heavy atom. The van der Waals surface area contributed by atoms with Gasteiger partial charge < -0.3 is 5.11 Å². The van der Waals surface area contributed by atoms with E-state index in [9.17, 15) is 24.3 Å². The van der Waals surface area contributed by atoms with Crippen molar-refractivity contribution in [3.05, 3.63) is 106 Å². The van der Waals surface area contributed by atoms with Crippen LogP contribution in [0.3, 0.4) is 0 Å². The van der Waals surface area contributed by atoms with Gasteiger partial charge in [-0.2, -0.15) is 5.10 Å². The van der Waals surface area contributed by atoms with E-state index >= 15 is 0 Å². The van der Waals surface area contributed by atoms with Gasteiger partial charge in [0, 0.05) is 39.3 Å². The van der Waals surface area contributed by atoms with Gasteiger partial charge in [0.25, 0.3) is 0 Å². The van der Waals surface area contributed by atoms with Crippen LogP contribution in [0.2, 0.25) is 10.0 Å². The van der Waals surface area contributed by atoms with Crippen LogP contribution in [0.4, 0.5) is 11.5 Å². The highest BCUT2D eigenvalue weighted by molar-refractivity contribution is 7.22. The van der Waals surface area contributed by atoms with Crippen LogP contribution < -0.4 is 9.80 Å². The number of para-hydroxylation sites is 1. The largest absolute Gasteiger partial charge is 0.508 e. The van der Waals surface area contributed by atoms with E-state index in [0.29, 0.717) is 39.2 Å². The molecule has 3 fully saturated rings. The summed E-state index contributed by atoms with van der Waals surface area (Å²) < 4.78 is 2.61. The van der Waals surface area contributed by atoms with Gasteiger partial charge in [-0.3, -0.25) is 28.8 Å². The molecule has 9 nitrogen and oxygen atoms in total. The number of thiophene rings is 1. The fraction of sp³-hybridized carbons (Fsp3) is 0.275. The Balaban J connectivity index is 1.15. The third kappa shape index (κ3) is 4.50. The number of hydrogen-bond donors (Lipinski definition) is 1. The van der Waals surface area contributed by atoms with Gasteiger partial charge in [0.05, 0.1) is 33.7 Å². The van der Waals surface area contributed by atoms with E-state index < -0.39 is 46.8 Å². The van der Waals surface area contributed by atoms with Gasteiger partial charge in [-0.05, 0) is 92.1 Å². The number of hydrogen-bond acceptors (Lipinski definition) is 7. The average Bonchev–Trinajstić information content (AvgIpc) is 3.79. The van der Waals surface area contributed by atoms with Crippen LogP contribution in [0.1, 0.15) is 36.8 Å². The van der Waals surface area contributed by atoms with Crippen molar-refractivity contribution >= 4 is 79.8 Å². The van der Waals surface area contributed by atoms with Crippen molar-refractivity contribution in [1.29, 1.82) is 0 Å². The number of aromatic nitrogens is 2. The van der Waals surface area contributed by atoms with Crippen molar-refractivity contribution in [1.82, 2.24) is 9.78 Å². The minimum Gasteiger partial charge on any atom is -0.508 e. The SMILES string of the molecule is Cc1c(-c2cc(N3C(=O)C4CC5C(=CCC6C(=O)N(c7ccc(Cl)cc7)C(=O)C65)C(c5ccccc5O)C4(C)C3=O)n(C)n2)sc2ccc(Cl)cc12. The number of benzene rings is 3. The number of aryl methyl sites for hydroxylation is 2. The Labute approximate surface area is 313 Å². The number of nitrogens with zero attached hydrogens (tertiary/aromatic N) is 4. The van der Waals surface area contributed by atoms with E-state index in [1.165, 1.54) is 9.80 Å². The molecule has 2 aliphatic carbocycles. The van der Waals surface area contributed by atoms with Gasteiger partial charge in [-0.25, -0.2) is 4.90 Å². The number of allylic oxidation sites excluding steroid dienone is 2. The number of anilines is 2. The monoisotopic (exact) mass is 750 g/mol. The van der Waals surface area contributed by atoms with Gasteiger partial charge in [-0.15, -0.1) is 11.3 Å². The number of carbonyl (C=O) groups is 4. The maximum absolute atomic E-state index is 15.0. The minimum atomic E-state index is -1.30. The lowest BCUT2D eigenvalue weighted by Crippen LogP contribution is -2.49. The number of halogens is 2. The fourth-order valence-electron chi connectivity index (χ4n) is 9.37. The van der Waals surface area contributed by atoms with E-state index in [2.05, 4.69) is 0 Å². The molecule has 52 heavy (non-hydrogen) atoms. The molecule has 9 rings (SSSR count). The Morgan fingerprint density at radius 3 is 2.37 bits per heavy atom. The van der Waals surface area contributed by atoms with Crippen molar-refractivity contribution < 1.29 is 24.3 Å². The summed E-state index contributed by atoms with van der Waals surface area (Å²) in [6.07, 6.45) is 2.47. The molecule has 4 aliphatic rings. The third-order valence-electron chi connectivity index (χ3n) is 11.8. The number of imide groups is 2. The standard InChI is InChI=1S/C40H32Cl2N4O5S/c1-19-26-16-21(42)10-15-31(26)52-35(19)29-18-32(44(3)43-29)46-37(49)28-17-27-23(34(40(28,2)39(46)51)24-6-4-5-7-30(24)47)13-14-25-33(27)38(50)45(36(25)48)22-11-8-20(41)9-12-22/h4-13,15-16,18,25,27-28,33-34,47H,14,17H2,1-3H3. The molecule has 2 aromatic heterocycles. The normalized spacial score (nSPS) is 26.9. The van der Waals surface area contributed by atoms with Crippen LogP contribution in [0.25, 0.3) is 20.7 Å². The summed E-state index contributed by atoms with van der Waals surface area (Å²) in [4.78, 5) is 61.4. The van der Waals surface area contributed by atoms with E-state index in [1.807, 2.05) is 31.2 Å². The molecule has 0 radical (unpaired) electrons. The van der Waals surface area contributed by atoms with Crippen LogP contribution in [0, 0.1) is 36.0 Å². The van der Waals surface area contributed by atoms with Crippen LogP contribution >= 0.6 is 34.5 Å². The van der Waals surface area contributed by atoms with E-state index in [1.54, 1.807) is 84.6 Å². The first-order valence-electron chi connectivity index (χ1n) is 17.1. The van der Waals surface area contributed by atoms with Crippen LogP contribution in [-0.4, -0.2) is 38.5 Å². The van der Waals surface area contributed by atoms with Crippen molar-refractivity contribution in [3.63, 3.8) is 0 Å². The van der Waals surface area contributed by atoms with Gasteiger partial charge in [0.15, 0.2) is 0 Å². The lowest BCUT2D eigenvalue weighted by atomic mass is 9.51. The summed E-state index contributed by atoms with van der Waals surface area (Å²) >= 11 is 14.0. The topological polar surface area (TPSA) is 113 Å². The molecule has 1 N–H and O–H groups in total. The highest BCUT2D eigenvalue weighted by atomic mass is 35.5. The first-order chi connectivity index (χ1) is 24.9. The second kappa shape index (κ2) is 11.6. The maximum atomic E-state index is 15.0. The first kappa shape index (κ1) is 33.1. The Hall–Kier alpha value is -4.77. The molecule has 0 spiro atoms. The quantitative estimate of drug-likeness (QED) is 0.147. The van der Waals surface area contributed by atoms with Crippen LogP contribution in [0.5, 0.6) is 5.75 Å². The maximum Gasteiger partial charge on any atom is 0.242 e. The molecule has 6 atom stereocenters. The summed E-state index contributed by atoms with van der Waals surface area (Å²) in [7, 11) is 1.71. The Morgan fingerprint density at radius 1 is 0.885 bits per heavy atom. The lowest BCUT2D eigenvalue weighted by molar-refractivity contribution is -0.131. The number of amides is 4. The van der Waals surface area contributed by atoms with Gasteiger partial charge >= 0.3 is 0 Å². The molecule has 12 heteroatoms. The highest BCUT2D eigenvalue weighted by Gasteiger charge is 2.68. The zero-order chi connectivity index (χ0) is 36.4. The Bertz CT molecular complexity index is 2440. The van der Waals surface area contributed by atoms with E-state index in [0.717, 1.165) is 26.1 Å². The summed E-state index contributed by atoms with van der Waals surface area (Å²) in [6.45, 7) is 3.81. The second-order valence-corrected chi connectivity index (χ2v) is 16.3. The zero-order valence-corrected chi connectivity index (χ0v) is 30.7. The van der Waals surface area contributed by atoms with Crippen LogP contribution in [0.15, 0.2) is 84.4 Å². The number of phenols is 1. The average molecular weight is 752 g/mol. The van der Waals surface area contributed by atoms with E-state index in [4.69, 9.17) is 28.3 Å². The van der Waals surface area contributed by atoms with Gasteiger partial charge in [-0.1, -0.05) is 53.1 Å². The molecule has 1 saturated carbocycles. The van der Waals surface area contributed by atoms with Crippen molar-refractivity contribution in [3.8, 4) is 16.3 Å². The van der Waals surface area contributed by atoms with E-state index in [-0.39, 0.29) is 24.0 Å². The zero-order valence-electron chi connectivity index (χ0n) is 28.3. The second-order valence-electron chi connectivity index (χ2n) is 14.4. The molecule has 4 amide bonds. The summed E-state index contributed by atoms with van der Waals surface area (Å²) in [6, 6.07) is 21.0. The molecule has 6 unspecified atom stereocenters. The van der Waals surface area contributed by atoms with Crippen molar-refractivity contribution in [2.75, 3.05) is 9.80 Å². The number of phenolic OH excluding ortho intramolecular Hbond substituents is 1. The molecule has 262 valence electrons.